The molecule has 132 valence electrons. The first-order valence-electron chi connectivity index (χ1n) is 7.46. The summed E-state index contributed by atoms with van der Waals surface area (Å²) in [5, 5.41) is 2.44. The van der Waals surface area contributed by atoms with Gasteiger partial charge < -0.3 is 14.8 Å². The molecule has 2 saturated heterocycles. The highest BCUT2D eigenvalue weighted by Gasteiger charge is 2.42. The first kappa shape index (κ1) is 17.1. The van der Waals surface area contributed by atoms with Gasteiger partial charge in [0, 0.05) is 19.6 Å². The summed E-state index contributed by atoms with van der Waals surface area (Å²) >= 11 is 0. The van der Waals surface area contributed by atoms with Gasteiger partial charge in [0.15, 0.2) is 23.3 Å². The third-order valence-corrected chi connectivity index (χ3v) is 4.35. The number of nitrogens with zero attached hydrogens (tertiary/aromatic N) is 1. The van der Waals surface area contributed by atoms with Crippen molar-refractivity contribution >= 4 is 5.91 Å². The molecule has 0 aliphatic carbocycles. The second kappa shape index (κ2) is 6.66. The molecule has 24 heavy (non-hydrogen) atoms. The number of carbonyl (C=O) groups is 1. The Kier molecular flexibility index (Phi) is 4.75. The summed E-state index contributed by atoms with van der Waals surface area (Å²) in [6, 6.07) is 0.341. The van der Waals surface area contributed by atoms with Crippen LogP contribution in [0.15, 0.2) is 6.07 Å². The standard InChI is InChI=1S/C15H16F4N2O3/c16-10-5-9(11(17)13(19)12(10)18)14(22)20-6-15-7-23-3-1-21(15)2-4-24-8-15/h5H,1-4,6-8H2,(H,20,22). The zero-order chi connectivity index (χ0) is 17.3. The highest BCUT2D eigenvalue weighted by Crippen LogP contribution is 2.24. The van der Waals surface area contributed by atoms with Gasteiger partial charge in [-0.2, -0.15) is 0 Å². The number of morpholine rings is 2. The first-order chi connectivity index (χ1) is 11.4. The zero-order valence-corrected chi connectivity index (χ0v) is 12.7. The molecule has 1 amide bonds. The van der Waals surface area contributed by atoms with Crippen molar-refractivity contribution < 1.29 is 31.8 Å². The summed E-state index contributed by atoms with van der Waals surface area (Å²) in [4.78, 5) is 14.2. The lowest BCUT2D eigenvalue weighted by Gasteiger charge is -2.49. The Bertz CT molecular complexity index is 644. The fraction of sp³-hybridized carbons (Fsp3) is 0.533. The van der Waals surface area contributed by atoms with Crippen LogP contribution < -0.4 is 5.32 Å². The summed E-state index contributed by atoms with van der Waals surface area (Å²) < 4.78 is 64.0. The van der Waals surface area contributed by atoms with Crippen LogP contribution in [0.25, 0.3) is 0 Å². The quantitative estimate of drug-likeness (QED) is 0.505. The lowest BCUT2D eigenvalue weighted by atomic mass is 9.96. The van der Waals surface area contributed by atoms with E-state index < -0.39 is 40.3 Å². The molecule has 0 saturated carbocycles. The summed E-state index contributed by atoms with van der Waals surface area (Å²) in [7, 11) is 0. The third-order valence-electron chi connectivity index (χ3n) is 4.35. The number of fused-ring (bicyclic) bond motifs is 1. The van der Waals surface area contributed by atoms with Gasteiger partial charge in [-0.1, -0.05) is 0 Å². The maximum atomic E-state index is 13.7. The van der Waals surface area contributed by atoms with Crippen molar-refractivity contribution in [2.75, 3.05) is 46.1 Å². The number of amides is 1. The molecular weight excluding hydrogens is 332 g/mol. The molecule has 2 aliphatic heterocycles. The predicted octanol–water partition coefficient (Wildman–Crippen LogP) is 1.07. The van der Waals surface area contributed by atoms with Gasteiger partial charge in [0.25, 0.3) is 5.91 Å². The minimum absolute atomic E-state index is 0.0475. The van der Waals surface area contributed by atoms with Crippen molar-refractivity contribution in [2.24, 2.45) is 0 Å². The van der Waals surface area contributed by atoms with Crippen molar-refractivity contribution in [3.63, 3.8) is 0 Å². The molecular formula is C15H16F4N2O3. The van der Waals surface area contributed by atoms with E-state index in [0.717, 1.165) is 0 Å². The van der Waals surface area contributed by atoms with Gasteiger partial charge in [0.05, 0.1) is 37.5 Å². The highest BCUT2D eigenvalue weighted by atomic mass is 19.2. The minimum Gasteiger partial charge on any atom is -0.378 e. The molecule has 0 bridgehead atoms. The number of carbonyl (C=O) groups excluding carboxylic acids is 1. The first-order valence-corrected chi connectivity index (χ1v) is 7.46. The van der Waals surface area contributed by atoms with Gasteiger partial charge in [0.2, 0.25) is 0 Å². The van der Waals surface area contributed by atoms with Gasteiger partial charge in [-0.3, -0.25) is 9.69 Å². The van der Waals surface area contributed by atoms with Crippen LogP contribution in [0.3, 0.4) is 0 Å². The van der Waals surface area contributed by atoms with E-state index in [0.29, 0.717) is 45.6 Å². The number of hydrogen-bond donors (Lipinski definition) is 1. The third kappa shape index (κ3) is 2.99. The van der Waals surface area contributed by atoms with E-state index in [1.165, 1.54) is 0 Å². The Hall–Kier alpha value is -1.71. The van der Waals surface area contributed by atoms with E-state index in [-0.39, 0.29) is 6.54 Å². The fourth-order valence-corrected chi connectivity index (χ4v) is 2.98. The molecule has 2 heterocycles. The van der Waals surface area contributed by atoms with Crippen LogP contribution in [0, 0.1) is 23.3 Å². The second-order valence-corrected chi connectivity index (χ2v) is 5.85. The van der Waals surface area contributed by atoms with Crippen molar-refractivity contribution in [1.82, 2.24) is 10.2 Å². The lowest BCUT2D eigenvalue weighted by Crippen LogP contribution is -2.67. The predicted molar refractivity (Wildman–Crippen MR) is 74.5 cm³/mol. The van der Waals surface area contributed by atoms with Crippen LogP contribution in [0.1, 0.15) is 10.4 Å². The fourth-order valence-electron chi connectivity index (χ4n) is 2.98. The molecule has 1 aromatic rings. The molecule has 9 heteroatoms. The molecule has 2 aliphatic rings. The number of nitrogens with one attached hydrogen (secondary N) is 1. The van der Waals surface area contributed by atoms with E-state index in [1.807, 2.05) is 0 Å². The Morgan fingerprint density at radius 2 is 1.71 bits per heavy atom. The molecule has 0 aromatic heterocycles. The largest absolute Gasteiger partial charge is 0.378 e. The molecule has 3 rings (SSSR count). The van der Waals surface area contributed by atoms with E-state index in [9.17, 15) is 22.4 Å². The molecule has 1 aromatic carbocycles. The molecule has 0 unspecified atom stereocenters. The zero-order valence-electron chi connectivity index (χ0n) is 12.7. The van der Waals surface area contributed by atoms with Crippen LogP contribution in [-0.4, -0.2) is 62.4 Å². The summed E-state index contributed by atoms with van der Waals surface area (Å²) in [6.45, 7) is 3.09. The summed E-state index contributed by atoms with van der Waals surface area (Å²) in [5.41, 5.74) is -1.50. The smallest absolute Gasteiger partial charge is 0.254 e. The number of ether oxygens (including phenoxy) is 2. The molecule has 1 N–H and O–H groups in total. The summed E-state index contributed by atoms with van der Waals surface area (Å²) in [6.07, 6.45) is 0. The number of benzene rings is 1. The van der Waals surface area contributed by atoms with Gasteiger partial charge in [-0.05, 0) is 6.07 Å². The maximum Gasteiger partial charge on any atom is 0.254 e. The van der Waals surface area contributed by atoms with Crippen molar-refractivity contribution in [2.45, 2.75) is 5.54 Å². The van der Waals surface area contributed by atoms with E-state index >= 15 is 0 Å². The molecule has 0 radical (unpaired) electrons. The topological polar surface area (TPSA) is 50.8 Å². The van der Waals surface area contributed by atoms with Crippen LogP contribution in [0.5, 0.6) is 0 Å². The average Bonchev–Trinajstić information content (AvgIpc) is 2.61. The van der Waals surface area contributed by atoms with Crippen molar-refractivity contribution in [3.05, 3.63) is 34.9 Å². The Morgan fingerprint density at radius 1 is 1.08 bits per heavy atom. The van der Waals surface area contributed by atoms with Crippen LogP contribution in [0.4, 0.5) is 17.6 Å². The molecule has 2 fully saturated rings. The van der Waals surface area contributed by atoms with Crippen molar-refractivity contribution in [3.8, 4) is 0 Å². The van der Waals surface area contributed by atoms with Crippen LogP contribution in [0.2, 0.25) is 0 Å². The normalized spacial score (nSPS) is 20.5. The van der Waals surface area contributed by atoms with Gasteiger partial charge in [0.1, 0.15) is 0 Å². The molecule has 0 atom stereocenters. The van der Waals surface area contributed by atoms with Gasteiger partial charge in [-0.15, -0.1) is 0 Å². The Balaban J connectivity index is 1.76. The Morgan fingerprint density at radius 3 is 2.33 bits per heavy atom. The maximum absolute atomic E-state index is 13.7. The van der Waals surface area contributed by atoms with E-state index in [2.05, 4.69) is 10.2 Å². The highest BCUT2D eigenvalue weighted by molar-refractivity contribution is 5.94. The lowest BCUT2D eigenvalue weighted by molar-refractivity contribution is -0.139. The van der Waals surface area contributed by atoms with Gasteiger partial charge in [-0.25, -0.2) is 17.6 Å². The SMILES string of the molecule is O=C(NCC12COCCN1CCOC2)c1cc(F)c(F)c(F)c1F. The Labute approximate surface area is 135 Å². The average molecular weight is 348 g/mol. The molecule has 0 spiro atoms. The van der Waals surface area contributed by atoms with Crippen LogP contribution in [-0.2, 0) is 9.47 Å². The monoisotopic (exact) mass is 348 g/mol. The number of hydrogen-bond acceptors (Lipinski definition) is 4. The van der Waals surface area contributed by atoms with E-state index in [4.69, 9.17) is 9.47 Å². The van der Waals surface area contributed by atoms with Crippen LogP contribution >= 0.6 is 0 Å². The van der Waals surface area contributed by atoms with E-state index in [1.54, 1.807) is 0 Å². The number of halogens is 4. The minimum atomic E-state index is -2.01. The molecule has 5 nitrogen and oxygen atoms in total. The second-order valence-electron chi connectivity index (χ2n) is 5.85. The van der Waals surface area contributed by atoms with Gasteiger partial charge >= 0.3 is 0 Å². The number of rotatable bonds is 3. The van der Waals surface area contributed by atoms with Crippen molar-refractivity contribution in [1.29, 1.82) is 0 Å². The summed E-state index contributed by atoms with van der Waals surface area (Å²) in [5.74, 6) is -8.34.